The third-order valence-electron chi connectivity index (χ3n) is 4.75. The molecule has 2 heterocycles. The predicted octanol–water partition coefficient (Wildman–Crippen LogP) is 2.54. The number of hydrogen-bond donors (Lipinski definition) is 3. The van der Waals surface area contributed by atoms with Crippen LogP contribution in [0.15, 0.2) is 12.1 Å². The predicted molar refractivity (Wildman–Crippen MR) is 108 cm³/mol. The molecule has 1 fully saturated rings. The smallest absolute Gasteiger partial charge is 0.319 e. The summed E-state index contributed by atoms with van der Waals surface area (Å²) in [6, 6.07) is 3.11. The maximum atomic E-state index is 12.4. The van der Waals surface area contributed by atoms with Gasteiger partial charge in [0.25, 0.3) is 5.91 Å². The van der Waals surface area contributed by atoms with E-state index in [-0.39, 0.29) is 24.6 Å². The molecule has 0 radical (unpaired) electrons. The van der Waals surface area contributed by atoms with Crippen molar-refractivity contribution in [1.29, 1.82) is 0 Å². The summed E-state index contributed by atoms with van der Waals surface area (Å²) in [5.41, 5.74) is 0.928. The van der Waals surface area contributed by atoms with Crippen molar-refractivity contribution in [2.75, 3.05) is 50.1 Å². The van der Waals surface area contributed by atoms with Crippen molar-refractivity contribution in [2.24, 2.45) is 5.92 Å². The number of morpholine rings is 1. The van der Waals surface area contributed by atoms with Gasteiger partial charge in [-0.1, -0.05) is 25.4 Å². The molecule has 3 N–H and O–H groups in total. The first-order chi connectivity index (χ1) is 13.4. The largest absolute Gasteiger partial charge is 0.482 e. The number of benzene rings is 1. The molecular weight excluding hydrogens is 384 g/mol. The molecule has 3 amide bonds. The molecule has 8 nitrogen and oxygen atoms in total. The standard InChI is InChI=1S/C19H27ClN4O4/c1-12(2)7-13(24-3-5-27-6-4-24)10-21-19(26)23-15-9-17-16(8-14(15)20)22-18(25)11-28-17/h8-9,12-13H,3-7,10-11H2,1-2H3,(H,22,25)(H2,21,23,26)/t13-/m0/s1. The van der Waals surface area contributed by atoms with Crippen LogP contribution in [0.2, 0.25) is 5.02 Å². The number of halogens is 1. The van der Waals surface area contributed by atoms with Crippen molar-refractivity contribution < 1.29 is 19.1 Å². The number of nitrogens with zero attached hydrogens (tertiary/aromatic N) is 1. The highest BCUT2D eigenvalue weighted by molar-refractivity contribution is 6.34. The van der Waals surface area contributed by atoms with E-state index < -0.39 is 0 Å². The third kappa shape index (κ3) is 5.50. The maximum absolute atomic E-state index is 12.4. The lowest BCUT2D eigenvalue weighted by atomic mass is 10.0. The summed E-state index contributed by atoms with van der Waals surface area (Å²) in [7, 11) is 0. The molecule has 1 saturated heterocycles. The lowest BCUT2D eigenvalue weighted by molar-refractivity contribution is -0.118. The van der Waals surface area contributed by atoms with Crippen LogP contribution in [-0.4, -0.2) is 62.3 Å². The molecule has 154 valence electrons. The zero-order chi connectivity index (χ0) is 20.1. The van der Waals surface area contributed by atoms with Crippen LogP contribution in [0.25, 0.3) is 0 Å². The van der Waals surface area contributed by atoms with E-state index in [9.17, 15) is 9.59 Å². The number of rotatable bonds is 6. The van der Waals surface area contributed by atoms with Gasteiger partial charge in [0.05, 0.1) is 29.6 Å². The van der Waals surface area contributed by atoms with Crippen LogP contribution in [0.5, 0.6) is 5.75 Å². The second-order valence-corrected chi connectivity index (χ2v) is 7.84. The molecule has 0 aromatic heterocycles. The molecule has 2 aliphatic rings. The van der Waals surface area contributed by atoms with Crippen molar-refractivity contribution in [2.45, 2.75) is 26.3 Å². The lowest BCUT2D eigenvalue weighted by Gasteiger charge is -2.35. The molecule has 9 heteroatoms. The number of hydrogen-bond acceptors (Lipinski definition) is 5. The fraction of sp³-hybridized carbons (Fsp3) is 0.579. The Morgan fingerprint density at radius 2 is 2.07 bits per heavy atom. The summed E-state index contributed by atoms with van der Waals surface area (Å²) in [5.74, 6) is 0.770. The topological polar surface area (TPSA) is 91.9 Å². The maximum Gasteiger partial charge on any atom is 0.319 e. The molecule has 1 atom stereocenters. The Balaban J connectivity index is 1.59. The van der Waals surface area contributed by atoms with E-state index in [0.29, 0.717) is 34.6 Å². The lowest BCUT2D eigenvalue weighted by Crippen LogP contribution is -2.49. The molecule has 0 bridgehead atoms. The zero-order valence-electron chi connectivity index (χ0n) is 16.2. The number of fused-ring (bicyclic) bond motifs is 1. The van der Waals surface area contributed by atoms with Crippen LogP contribution in [0.1, 0.15) is 20.3 Å². The minimum Gasteiger partial charge on any atom is -0.482 e. The molecule has 0 saturated carbocycles. The van der Waals surface area contributed by atoms with Gasteiger partial charge >= 0.3 is 6.03 Å². The Morgan fingerprint density at radius 1 is 1.32 bits per heavy atom. The summed E-state index contributed by atoms with van der Waals surface area (Å²) in [5, 5.41) is 8.72. The first kappa shape index (κ1) is 20.7. The van der Waals surface area contributed by atoms with Crippen LogP contribution < -0.4 is 20.7 Å². The van der Waals surface area contributed by atoms with E-state index in [1.165, 1.54) is 0 Å². The van der Waals surface area contributed by atoms with Gasteiger partial charge in [0, 0.05) is 31.7 Å². The molecular formula is C19H27ClN4O4. The third-order valence-corrected chi connectivity index (χ3v) is 5.07. The summed E-state index contributed by atoms with van der Waals surface area (Å²) < 4.78 is 10.8. The second kappa shape index (κ2) is 9.45. The van der Waals surface area contributed by atoms with Crippen LogP contribution >= 0.6 is 11.6 Å². The molecule has 0 aliphatic carbocycles. The van der Waals surface area contributed by atoms with E-state index in [1.807, 2.05) is 0 Å². The molecule has 3 rings (SSSR count). The minimum absolute atomic E-state index is 0.0588. The first-order valence-electron chi connectivity index (χ1n) is 9.55. The van der Waals surface area contributed by atoms with Crippen molar-refractivity contribution in [3.8, 4) is 5.75 Å². The van der Waals surface area contributed by atoms with Gasteiger partial charge in [-0.15, -0.1) is 0 Å². The van der Waals surface area contributed by atoms with Crippen LogP contribution in [0, 0.1) is 5.92 Å². The monoisotopic (exact) mass is 410 g/mol. The van der Waals surface area contributed by atoms with Gasteiger partial charge < -0.3 is 25.4 Å². The van der Waals surface area contributed by atoms with Crippen molar-refractivity contribution in [3.63, 3.8) is 0 Å². The minimum atomic E-state index is -0.330. The molecule has 2 aliphatic heterocycles. The van der Waals surface area contributed by atoms with Gasteiger partial charge in [-0.05, 0) is 18.4 Å². The average Bonchev–Trinajstić information content (AvgIpc) is 2.66. The van der Waals surface area contributed by atoms with Crippen molar-refractivity contribution in [1.82, 2.24) is 10.2 Å². The molecule has 28 heavy (non-hydrogen) atoms. The van der Waals surface area contributed by atoms with Crippen molar-refractivity contribution in [3.05, 3.63) is 17.2 Å². The molecule has 0 unspecified atom stereocenters. The Kier molecular flexibility index (Phi) is 6.98. The van der Waals surface area contributed by atoms with Gasteiger partial charge in [0.2, 0.25) is 0 Å². The van der Waals surface area contributed by atoms with Gasteiger partial charge in [-0.2, -0.15) is 0 Å². The zero-order valence-corrected chi connectivity index (χ0v) is 17.0. The van der Waals surface area contributed by atoms with Crippen LogP contribution in [-0.2, 0) is 9.53 Å². The van der Waals surface area contributed by atoms with E-state index in [4.69, 9.17) is 21.1 Å². The fourth-order valence-corrected chi connectivity index (χ4v) is 3.63. The summed E-state index contributed by atoms with van der Waals surface area (Å²) in [6.45, 7) is 8.04. The Morgan fingerprint density at radius 3 is 2.79 bits per heavy atom. The van der Waals surface area contributed by atoms with Crippen molar-refractivity contribution >= 4 is 34.9 Å². The molecule has 1 aromatic rings. The Bertz CT molecular complexity index is 722. The number of nitrogens with one attached hydrogen (secondary N) is 3. The highest BCUT2D eigenvalue weighted by Crippen LogP contribution is 2.36. The van der Waals surface area contributed by atoms with Gasteiger partial charge in [0.1, 0.15) is 5.75 Å². The summed E-state index contributed by atoms with van der Waals surface area (Å²) >= 11 is 6.23. The van der Waals surface area contributed by atoms with E-state index >= 15 is 0 Å². The highest BCUT2D eigenvalue weighted by atomic mass is 35.5. The van der Waals surface area contributed by atoms with E-state index in [2.05, 4.69) is 34.7 Å². The number of ether oxygens (including phenoxy) is 2. The van der Waals surface area contributed by atoms with Crippen LogP contribution in [0.4, 0.5) is 16.2 Å². The SMILES string of the molecule is CC(C)C[C@@H](CNC(=O)Nc1cc2c(cc1Cl)NC(=O)CO2)N1CCOCC1. The number of urea groups is 1. The number of amides is 3. The Hall–Kier alpha value is -2.03. The molecule has 0 spiro atoms. The number of anilines is 2. The first-order valence-corrected chi connectivity index (χ1v) is 9.93. The normalized spacial score (nSPS) is 18.1. The van der Waals surface area contributed by atoms with Gasteiger partial charge in [-0.25, -0.2) is 4.79 Å². The van der Waals surface area contributed by atoms with Gasteiger partial charge in [-0.3, -0.25) is 9.69 Å². The van der Waals surface area contributed by atoms with E-state index in [0.717, 1.165) is 32.7 Å². The second-order valence-electron chi connectivity index (χ2n) is 7.43. The fourth-order valence-electron chi connectivity index (χ4n) is 3.42. The Labute approximate surface area is 169 Å². The van der Waals surface area contributed by atoms with Gasteiger partial charge in [0.15, 0.2) is 6.61 Å². The summed E-state index contributed by atoms with van der Waals surface area (Å²) in [4.78, 5) is 26.2. The van der Waals surface area contributed by atoms with Crippen LogP contribution in [0.3, 0.4) is 0 Å². The van der Waals surface area contributed by atoms with E-state index in [1.54, 1.807) is 12.1 Å². The number of carbonyl (C=O) groups is 2. The quantitative estimate of drug-likeness (QED) is 0.670. The molecule has 1 aromatic carbocycles. The average molecular weight is 411 g/mol. The highest BCUT2D eigenvalue weighted by Gasteiger charge is 2.23. The number of carbonyl (C=O) groups excluding carboxylic acids is 2. The summed E-state index contributed by atoms with van der Waals surface area (Å²) in [6.07, 6.45) is 0.993.